The number of carbonyl (C=O) groups excluding carboxylic acids is 1. The van der Waals surface area contributed by atoms with Crippen LogP contribution in [0.25, 0.3) is 0 Å². The van der Waals surface area contributed by atoms with Gasteiger partial charge in [0.05, 0.1) is 17.7 Å². The lowest BCUT2D eigenvalue weighted by atomic mass is 9.86. The molecule has 0 aliphatic carbocycles. The summed E-state index contributed by atoms with van der Waals surface area (Å²) in [4.78, 5) is 12.3. The molecule has 0 aliphatic heterocycles. The molecule has 0 bridgehead atoms. The van der Waals surface area contributed by atoms with E-state index in [1.165, 1.54) is 5.56 Å². The van der Waals surface area contributed by atoms with Crippen LogP contribution in [0.4, 0.5) is 5.69 Å². The van der Waals surface area contributed by atoms with Gasteiger partial charge in [0.15, 0.2) is 0 Å². The van der Waals surface area contributed by atoms with Crippen molar-refractivity contribution in [2.45, 2.75) is 33.1 Å². The molecule has 0 aliphatic rings. The van der Waals surface area contributed by atoms with Crippen LogP contribution < -0.4 is 9.73 Å². The predicted octanol–water partition coefficient (Wildman–Crippen LogP) is 4.05. The first-order valence-corrected chi connectivity index (χ1v) is 11.7. The maximum absolute atomic E-state index is 12.3. The number of anilines is 1. The molecule has 6 nitrogen and oxygen atoms in total. The van der Waals surface area contributed by atoms with Crippen molar-refractivity contribution >= 4 is 43.3 Å². The average Bonchev–Trinajstić information content (AvgIpc) is 2.62. The second kappa shape index (κ2) is 9.09. The van der Waals surface area contributed by atoms with Crippen LogP contribution in [0.5, 0.6) is 0 Å². The molecule has 0 unspecified atom stereocenters. The molecule has 8 heteroatoms. The topological polar surface area (TPSA) is 78.8 Å². The molecule has 1 N–H and O–H groups in total. The van der Waals surface area contributed by atoms with E-state index in [-0.39, 0.29) is 12.0 Å². The summed E-state index contributed by atoms with van der Waals surface area (Å²) in [5.74, 6) is -0.527. The van der Waals surface area contributed by atoms with Crippen LogP contribution in [-0.2, 0) is 20.2 Å². The number of hydrazone groups is 1. The minimum absolute atomic E-state index is 0.0549. The van der Waals surface area contributed by atoms with Gasteiger partial charge in [-0.05, 0) is 41.7 Å². The molecule has 2 rings (SSSR count). The lowest BCUT2D eigenvalue weighted by molar-refractivity contribution is -0.119. The summed E-state index contributed by atoms with van der Waals surface area (Å²) >= 11 is 3.31. The van der Waals surface area contributed by atoms with Crippen LogP contribution >= 0.6 is 15.9 Å². The van der Waals surface area contributed by atoms with Gasteiger partial charge in [-0.2, -0.15) is 5.10 Å². The van der Waals surface area contributed by atoms with Gasteiger partial charge in [0.1, 0.15) is 6.54 Å². The second-order valence-electron chi connectivity index (χ2n) is 7.81. The van der Waals surface area contributed by atoms with Crippen molar-refractivity contribution in [3.63, 3.8) is 0 Å². The van der Waals surface area contributed by atoms with Gasteiger partial charge in [-0.15, -0.1) is 0 Å². The fraction of sp³-hybridized carbons (Fsp3) is 0.333. The number of benzene rings is 2. The number of nitrogens with one attached hydrogen (secondary N) is 1. The van der Waals surface area contributed by atoms with E-state index in [1.807, 2.05) is 24.3 Å². The van der Waals surface area contributed by atoms with Gasteiger partial charge in [0.25, 0.3) is 5.91 Å². The number of nitrogens with zero attached hydrogens (tertiary/aromatic N) is 2. The van der Waals surface area contributed by atoms with Crippen LogP contribution in [0, 0.1) is 0 Å². The Kier molecular flexibility index (Phi) is 7.24. The third-order valence-corrected chi connectivity index (χ3v) is 5.93. The van der Waals surface area contributed by atoms with Gasteiger partial charge in [-0.25, -0.2) is 13.8 Å². The van der Waals surface area contributed by atoms with Gasteiger partial charge >= 0.3 is 0 Å². The number of hydrogen-bond acceptors (Lipinski definition) is 4. The highest BCUT2D eigenvalue weighted by Gasteiger charge is 2.21. The van der Waals surface area contributed by atoms with Gasteiger partial charge < -0.3 is 0 Å². The fourth-order valence-corrected chi connectivity index (χ4v) is 3.85. The summed E-state index contributed by atoms with van der Waals surface area (Å²) in [5.41, 5.74) is 5.61. The Morgan fingerprint density at radius 1 is 1.14 bits per heavy atom. The number of sulfonamides is 1. The summed E-state index contributed by atoms with van der Waals surface area (Å²) in [7, 11) is -3.64. The maximum atomic E-state index is 12.3. The van der Waals surface area contributed by atoms with E-state index in [0.29, 0.717) is 11.4 Å². The minimum Gasteiger partial charge on any atom is -0.271 e. The highest BCUT2D eigenvalue weighted by molar-refractivity contribution is 9.10. The molecule has 0 fully saturated rings. The Labute approximate surface area is 181 Å². The van der Waals surface area contributed by atoms with E-state index in [2.05, 4.69) is 47.2 Å². The Morgan fingerprint density at radius 2 is 1.76 bits per heavy atom. The monoisotopic (exact) mass is 479 g/mol. The molecule has 0 aromatic heterocycles. The molecule has 0 radical (unpaired) electrons. The molecule has 0 saturated heterocycles. The Hall–Kier alpha value is -2.19. The van der Waals surface area contributed by atoms with Crippen molar-refractivity contribution in [1.82, 2.24) is 5.43 Å². The van der Waals surface area contributed by atoms with Gasteiger partial charge in [0.2, 0.25) is 10.0 Å². The zero-order chi connectivity index (χ0) is 21.8. The van der Waals surface area contributed by atoms with E-state index < -0.39 is 15.9 Å². The number of amides is 1. The highest BCUT2D eigenvalue weighted by Crippen LogP contribution is 2.23. The van der Waals surface area contributed by atoms with E-state index in [1.54, 1.807) is 31.2 Å². The van der Waals surface area contributed by atoms with E-state index in [9.17, 15) is 13.2 Å². The maximum Gasteiger partial charge on any atom is 0.260 e. The zero-order valence-corrected chi connectivity index (χ0v) is 19.6. The van der Waals surface area contributed by atoms with Crippen molar-refractivity contribution in [2.75, 3.05) is 17.1 Å². The number of carbonyl (C=O) groups is 1. The summed E-state index contributed by atoms with van der Waals surface area (Å²) in [6.45, 7) is 7.84. The van der Waals surface area contributed by atoms with Crippen LogP contribution in [0.15, 0.2) is 58.1 Å². The first-order chi connectivity index (χ1) is 13.4. The number of halogens is 1. The zero-order valence-electron chi connectivity index (χ0n) is 17.2. The molecule has 0 atom stereocenters. The minimum atomic E-state index is -3.64. The van der Waals surface area contributed by atoms with Crippen molar-refractivity contribution < 1.29 is 13.2 Å². The molecule has 2 aromatic rings. The lowest BCUT2D eigenvalue weighted by Crippen LogP contribution is -2.39. The largest absolute Gasteiger partial charge is 0.271 e. The molecule has 29 heavy (non-hydrogen) atoms. The van der Waals surface area contributed by atoms with Crippen LogP contribution in [-0.4, -0.2) is 32.8 Å². The van der Waals surface area contributed by atoms with Crippen molar-refractivity contribution in [3.05, 3.63) is 64.1 Å². The van der Waals surface area contributed by atoms with Gasteiger partial charge in [0, 0.05) is 4.47 Å². The summed E-state index contributed by atoms with van der Waals surface area (Å²) in [6, 6.07) is 14.7. The average molecular weight is 480 g/mol. The molecule has 0 spiro atoms. The first kappa shape index (κ1) is 23.1. The third kappa shape index (κ3) is 6.68. The number of rotatable bonds is 6. The normalized spacial score (nSPS) is 12.6. The van der Waals surface area contributed by atoms with Crippen LogP contribution in [0.2, 0.25) is 0 Å². The van der Waals surface area contributed by atoms with Gasteiger partial charge in [-0.3, -0.25) is 9.10 Å². The van der Waals surface area contributed by atoms with E-state index in [0.717, 1.165) is 20.6 Å². The molecule has 2 aromatic carbocycles. The van der Waals surface area contributed by atoms with Crippen LogP contribution in [0.3, 0.4) is 0 Å². The molecular formula is C21H26BrN3O3S. The van der Waals surface area contributed by atoms with E-state index in [4.69, 9.17) is 0 Å². The molecule has 0 heterocycles. The number of hydrogen-bond donors (Lipinski definition) is 1. The first-order valence-electron chi connectivity index (χ1n) is 9.05. The standard InChI is InChI=1S/C21H26BrN3O3S/c1-15(16-9-11-17(12-10-16)21(2,3)4)23-24-20(26)14-25(29(5,27)28)19-8-6-7-18(22)13-19/h6-13H,14H2,1-5H3,(H,24,26)/b23-15-. The SMILES string of the molecule is C/C(=N/NC(=O)CN(c1cccc(Br)c1)S(C)(=O)=O)c1ccc(C(C)(C)C)cc1. The predicted molar refractivity (Wildman–Crippen MR) is 122 cm³/mol. The lowest BCUT2D eigenvalue weighted by Gasteiger charge is -2.21. The summed E-state index contributed by atoms with van der Waals surface area (Å²) < 4.78 is 26.0. The summed E-state index contributed by atoms with van der Waals surface area (Å²) in [5, 5.41) is 4.12. The summed E-state index contributed by atoms with van der Waals surface area (Å²) in [6.07, 6.45) is 1.06. The van der Waals surface area contributed by atoms with Crippen molar-refractivity contribution in [1.29, 1.82) is 0 Å². The van der Waals surface area contributed by atoms with Crippen molar-refractivity contribution in [3.8, 4) is 0 Å². The Bertz CT molecular complexity index is 1010. The molecular weight excluding hydrogens is 454 g/mol. The second-order valence-corrected chi connectivity index (χ2v) is 10.6. The Morgan fingerprint density at radius 3 is 2.28 bits per heavy atom. The highest BCUT2D eigenvalue weighted by atomic mass is 79.9. The third-order valence-electron chi connectivity index (χ3n) is 4.30. The smallest absolute Gasteiger partial charge is 0.260 e. The quantitative estimate of drug-likeness (QED) is 0.501. The molecule has 156 valence electrons. The Balaban J connectivity index is 2.12. The van der Waals surface area contributed by atoms with Gasteiger partial charge in [-0.1, -0.05) is 67.0 Å². The van der Waals surface area contributed by atoms with Crippen molar-refractivity contribution in [2.24, 2.45) is 5.10 Å². The fourth-order valence-electron chi connectivity index (χ4n) is 2.62. The molecule has 0 saturated carbocycles. The molecule has 1 amide bonds. The van der Waals surface area contributed by atoms with E-state index >= 15 is 0 Å². The van der Waals surface area contributed by atoms with Crippen LogP contribution in [0.1, 0.15) is 38.8 Å².